The quantitative estimate of drug-likeness (QED) is 0.671. The third-order valence-corrected chi connectivity index (χ3v) is 6.14. The SMILES string of the molecule is CC1(C)OB(C2(C)CC(=O)C23CCC3)OC1(C)C. The van der Waals surface area contributed by atoms with E-state index in [9.17, 15) is 4.79 Å². The number of carbonyl (C=O) groups is 1. The van der Waals surface area contributed by atoms with Crippen molar-refractivity contribution in [3.05, 3.63) is 0 Å². The monoisotopic (exact) mass is 250 g/mol. The van der Waals surface area contributed by atoms with Crippen molar-refractivity contribution in [1.29, 1.82) is 0 Å². The van der Waals surface area contributed by atoms with Crippen molar-refractivity contribution >= 4 is 12.9 Å². The molecule has 1 aliphatic heterocycles. The summed E-state index contributed by atoms with van der Waals surface area (Å²) in [4.78, 5) is 12.0. The fourth-order valence-corrected chi connectivity index (χ4v) is 3.68. The largest absolute Gasteiger partial charge is 0.465 e. The molecule has 1 unspecified atom stereocenters. The third-order valence-electron chi connectivity index (χ3n) is 6.14. The van der Waals surface area contributed by atoms with Gasteiger partial charge in [0.15, 0.2) is 0 Å². The summed E-state index contributed by atoms with van der Waals surface area (Å²) >= 11 is 0. The van der Waals surface area contributed by atoms with Crippen LogP contribution in [-0.4, -0.2) is 24.1 Å². The Bertz CT molecular complexity index is 395. The predicted octanol–water partition coefficient (Wildman–Crippen LogP) is 2.98. The highest BCUT2D eigenvalue weighted by molar-refractivity contribution is 6.52. The molecule has 100 valence electrons. The number of carbonyl (C=O) groups excluding carboxylic acids is 1. The summed E-state index contributed by atoms with van der Waals surface area (Å²) in [5, 5.41) is -0.118. The van der Waals surface area contributed by atoms with Crippen LogP contribution in [0.5, 0.6) is 0 Å². The molecule has 0 aromatic carbocycles. The third kappa shape index (κ3) is 1.21. The van der Waals surface area contributed by atoms with Crippen molar-refractivity contribution in [3.63, 3.8) is 0 Å². The Morgan fingerprint density at radius 2 is 1.50 bits per heavy atom. The van der Waals surface area contributed by atoms with Crippen molar-refractivity contribution in [2.45, 2.75) is 76.8 Å². The lowest BCUT2D eigenvalue weighted by molar-refractivity contribution is -0.154. The smallest absolute Gasteiger partial charge is 0.403 e. The van der Waals surface area contributed by atoms with Crippen LogP contribution in [0, 0.1) is 5.41 Å². The van der Waals surface area contributed by atoms with Crippen LogP contribution < -0.4 is 0 Å². The van der Waals surface area contributed by atoms with Gasteiger partial charge in [-0.05, 0) is 40.5 Å². The zero-order valence-corrected chi connectivity index (χ0v) is 12.1. The molecular weight excluding hydrogens is 227 g/mol. The van der Waals surface area contributed by atoms with Crippen LogP contribution in [0.4, 0.5) is 0 Å². The van der Waals surface area contributed by atoms with Crippen LogP contribution in [0.2, 0.25) is 5.31 Å². The van der Waals surface area contributed by atoms with E-state index in [0.717, 1.165) is 12.8 Å². The Kier molecular flexibility index (Phi) is 2.26. The Morgan fingerprint density at radius 1 is 1.00 bits per heavy atom. The lowest BCUT2D eigenvalue weighted by Gasteiger charge is -2.61. The lowest BCUT2D eigenvalue weighted by atomic mass is 9.30. The molecule has 1 spiro atoms. The van der Waals surface area contributed by atoms with Gasteiger partial charge in [0, 0.05) is 17.2 Å². The van der Waals surface area contributed by atoms with Crippen LogP contribution in [0.25, 0.3) is 0 Å². The molecule has 0 aromatic rings. The highest BCUT2D eigenvalue weighted by Gasteiger charge is 2.74. The molecule has 1 heterocycles. The normalized spacial score (nSPS) is 39.6. The van der Waals surface area contributed by atoms with Gasteiger partial charge >= 0.3 is 7.12 Å². The predicted molar refractivity (Wildman–Crippen MR) is 70.4 cm³/mol. The second kappa shape index (κ2) is 3.21. The van der Waals surface area contributed by atoms with E-state index in [4.69, 9.17) is 9.31 Å². The standard InChI is InChI=1S/C14H23BO3/c1-11(2)12(3,4)18-15(17-11)13(5)9-10(16)14(13)7-6-8-14/h6-9H2,1-5H3. The number of hydrogen-bond donors (Lipinski definition) is 0. The molecule has 0 aromatic heterocycles. The minimum atomic E-state index is -0.301. The van der Waals surface area contributed by atoms with E-state index >= 15 is 0 Å². The summed E-state index contributed by atoms with van der Waals surface area (Å²) < 4.78 is 12.4. The maximum atomic E-state index is 12.0. The van der Waals surface area contributed by atoms with Crippen LogP contribution in [0.1, 0.15) is 60.3 Å². The molecule has 1 saturated heterocycles. The number of rotatable bonds is 1. The van der Waals surface area contributed by atoms with Gasteiger partial charge in [-0.2, -0.15) is 0 Å². The van der Waals surface area contributed by atoms with E-state index in [1.807, 2.05) is 0 Å². The van der Waals surface area contributed by atoms with Crippen molar-refractivity contribution in [1.82, 2.24) is 0 Å². The van der Waals surface area contributed by atoms with Crippen molar-refractivity contribution in [2.24, 2.45) is 5.41 Å². The second-order valence-corrected chi connectivity index (χ2v) is 7.54. The average molecular weight is 250 g/mol. The van der Waals surface area contributed by atoms with Gasteiger partial charge in [-0.15, -0.1) is 0 Å². The molecule has 3 nitrogen and oxygen atoms in total. The molecule has 18 heavy (non-hydrogen) atoms. The summed E-state index contributed by atoms with van der Waals surface area (Å²) in [6.07, 6.45) is 3.82. The topological polar surface area (TPSA) is 35.5 Å². The molecule has 3 rings (SSSR count). The van der Waals surface area contributed by atoms with Gasteiger partial charge in [-0.3, -0.25) is 4.79 Å². The minimum absolute atomic E-state index is 0.118. The molecule has 0 radical (unpaired) electrons. The summed E-state index contributed by atoms with van der Waals surface area (Å²) in [6, 6.07) is 0. The molecule has 3 fully saturated rings. The second-order valence-electron chi connectivity index (χ2n) is 7.54. The summed E-state index contributed by atoms with van der Waals surface area (Å²) in [5.74, 6) is 0.422. The number of Topliss-reactive ketones (excluding diaryl/α,β-unsaturated/α-hetero) is 1. The highest BCUT2D eigenvalue weighted by Crippen LogP contribution is 2.71. The van der Waals surface area contributed by atoms with Gasteiger partial charge in [0.2, 0.25) is 0 Å². The van der Waals surface area contributed by atoms with Gasteiger partial charge in [-0.1, -0.05) is 13.3 Å². The molecule has 2 saturated carbocycles. The molecule has 0 bridgehead atoms. The van der Waals surface area contributed by atoms with E-state index < -0.39 is 0 Å². The maximum absolute atomic E-state index is 12.0. The van der Waals surface area contributed by atoms with Crippen molar-refractivity contribution < 1.29 is 14.1 Å². The first kappa shape index (κ1) is 12.7. The molecule has 0 amide bonds. The Morgan fingerprint density at radius 3 is 1.83 bits per heavy atom. The van der Waals surface area contributed by atoms with E-state index in [2.05, 4.69) is 34.6 Å². The fourth-order valence-electron chi connectivity index (χ4n) is 3.68. The van der Waals surface area contributed by atoms with E-state index in [-0.39, 0.29) is 29.0 Å². The zero-order chi connectivity index (χ0) is 13.4. The molecular formula is C14H23BO3. The summed E-state index contributed by atoms with van der Waals surface area (Å²) in [7, 11) is -0.236. The molecule has 3 aliphatic rings. The van der Waals surface area contributed by atoms with Gasteiger partial charge in [-0.25, -0.2) is 0 Å². The van der Waals surface area contributed by atoms with Crippen molar-refractivity contribution in [3.8, 4) is 0 Å². The first-order chi connectivity index (χ1) is 8.15. The van der Waals surface area contributed by atoms with Crippen LogP contribution >= 0.6 is 0 Å². The molecule has 0 N–H and O–H groups in total. The zero-order valence-electron chi connectivity index (χ0n) is 12.1. The van der Waals surface area contributed by atoms with E-state index in [1.165, 1.54) is 6.42 Å². The van der Waals surface area contributed by atoms with Crippen LogP contribution in [0.3, 0.4) is 0 Å². The fraction of sp³-hybridized carbons (Fsp3) is 0.929. The molecule has 1 atom stereocenters. The van der Waals surface area contributed by atoms with Gasteiger partial charge in [0.05, 0.1) is 11.2 Å². The van der Waals surface area contributed by atoms with Gasteiger partial charge in [0.25, 0.3) is 0 Å². The van der Waals surface area contributed by atoms with Crippen LogP contribution in [-0.2, 0) is 14.1 Å². The average Bonchev–Trinajstić information content (AvgIpc) is 2.32. The van der Waals surface area contributed by atoms with E-state index in [0.29, 0.717) is 12.2 Å². The Hall–Kier alpha value is -0.345. The molecule has 2 aliphatic carbocycles. The van der Waals surface area contributed by atoms with Crippen LogP contribution in [0.15, 0.2) is 0 Å². The lowest BCUT2D eigenvalue weighted by Crippen LogP contribution is -2.63. The van der Waals surface area contributed by atoms with Crippen molar-refractivity contribution in [2.75, 3.05) is 0 Å². The highest BCUT2D eigenvalue weighted by atomic mass is 16.7. The first-order valence-electron chi connectivity index (χ1n) is 7.04. The van der Waals surface area contributed by atoms with Gasteiger partial charge < -0.3 is 9.31 Å². The first-order valence-corrected chi connectivity index (χ1v) is 7.04. The number of hydrogen-bond acceptors (Lipinski definition) is 3. The molecule has 4 heteroatoms. The maximum Gasteiger partial charge on any atom is 0.465 e. The summed E-state index contributed by atoms with van der Waals surface area (Å²) in [5.41, 5.74) is -0.733. The summed E-state index contributed by atoms with van der Waals surface area (Å²) in [6.45, 7) is 10.5. The van der Waals surface area contributed by atoms with Gasteiger partial charge in [0.1, 0.15) is 5.78 Å². The number of ketones is 1. The Labute approximate surface area is 110 Å². The Balaban J connectivity index is 1.88. The van der Waals surface area contributed by atoms with E-state index in [1.54, 1.807) is 0 Å². The minimum Gasteiger partial charge on any atom is -0.403 e.